The second kappa shape index (κ2) is 9.51. The Kier molecular flexibility index (Phi) is 7.09. The molecular formula is C21H22O5. The van der Waals surface area contributed by atoms with E-state index in [1.165, 1.54) is 0 Å². The summed E-state index contributed by atoms with van der Waals surface area (Å²) in [6.45, 7) is 3.78. The van der Waals surface area contributed by atoms with Crippen LogP contribution in [0.2, 0.25) is 0 Å². The lowest BCUT2D eigenvalue weighted by molar-refractivity contribution is -0.135. The minimum absolute atomic E-state index is 0.245. The van der Waals surface area contributed by atoms with E-state index in [0.29, 0.717) is 42.6 Å². The van der Waals surface area contributed by atoms with E-state index in [-0.39, 0.29) is 23.5 Å². The number of ether oxygens (including phenoxy) is 2. The Balaban J connectivity index is 2.16. The quantitative estimate of drug-likeness (QED) is 0.401. The van der Waals surface area contributed by atoms with Gasteiger partial charge < -0.3 is 9.47 Å². The summed E-state index contributed by atoms with van der Waals surface area (Å²) in [5.41, 5.74) is 0.729. The van der Waals surface area contributed by atoms with Crippen LogP contribution in [0.3, 0.4) is 0 Å². The van der Waals surface area contributed by atoms with Crippen LogP contribution in [-0.4, -0.2) is 17.7 Å². The number of esters is 2. The van der Waals surface area contributed by atoms with Crippen molar-refractivity contribution in [2.75, 3.05) is 0 Å². The molecule has 0 N–H and O–H groups in total. The largest absolute Gasteiger partial charge is 0.427 e. The second-order valence-corrected chi connectivity index (χ2v) is 5.80. The Morgan fingerprint density at radius 1 is 0.769 bits per heavy atom. The first kappa shape index (κ1) is 19.4. The van der Waals surface area contributed by atoms with Crippen molar-refractivity contribution in [3.8, 4) is 11.5 Å². The van der Waals surface area contributed by atoms with Crippen LogP contribution in [0.4, 0.5) is 0 Å². The fraction of sp³-hybridized carbons (Fsp3) is 0.286. The molecule has 0 amide bonds. The van der Waals surface area contributed by atoms with Crippen LogP contribution in [0.25, 0.3) is 0 Å². The Hall–Kier alpha value is -2.95. The first-order valence-electron chi connectivity index (χ1n) is 8.70. The summed E-state index contributed by atoms with van der Waals surface area (Å²) in [5, 5.41) is 0. The summed E-state index contributed by atoms with van der Waals surface area (Å²) in [7, 11) is 0. The molecule has 2 rings (SSSR count). The highest BCUT2D eigenvalue weighted by Gasteiger charge is 2.16. The van der Waals surface area contributed by atoms with Gasteiger partial charge in [0.1, 0.15) is 11.5 Å². The van der Waals surface area contributed by atoms with Crippen molar-refractivity contribution < 1.29 is 23.9 Å². The first-order chi connectivity index (χ1) is 12.5. The minimum Gasteiger partial charge on any atom is -0.427 e. The van der Waals surface area contributed by atoms with Crippen molar-refractivity contribution in [1.82, 2.24) is 0 Å². The molecular weight excluding hydrogens is 332 g/mol. The predicted octanol–water partition coefficient (Wildman–Crippen LogP) is 4.33. The van der Waals surface area contributed by atoms with Crippen LogP contribution in [0.15, 0.2) is 48.5 Å². The van der Waals surface area contributed by atoms with E-state index in [4.69, 9.17) is 9.47 Å². The Bertz CT molecular complexity index is 777. The predicted molar refractivity (Wildman–Crippen MR) is 97.4 cm³/mol. The van der Waals surface area contributed by atoms with Gasteiger partial charge in [-0.3, -0.25) is 14.4 Å². The molecule has 136 valence electrons. The maximum Gasteiger partial charge on any atom is 0.311 e. The molecule has 0 aromatic heterocycles. The van der Waals surface area contributed by atoms with Crippen molar-refractivity contribution in [1.29, 1.82) is 0 Å². The number of hydrogen-bond acceptors (Lipinski definition) is 5. The lowest BCUT2D eigenvalue weighted by atomic mass is 10.0. The van der Waals surface area contributed by atoms with Gasteiger partial charge in [0, 0.05) is 18.4 Å². The van der Waals surface area contributed by atoms with Gasteiger partial charge in [-0.15, -0.1) is 0 Å². The van der Waals surface area contributed by atoms with Crippen LogP contribution in [0, 0.1) is 0 Å². The number of hydrogen-bond donors (Lipinski definition) is 0. The molecule has 0 bridgehead atoms. The number of rotatable bonds is 8. The molecule has 0 heterocycles. The fourth-order valence-electron chi connectivity index (χ4n) is 2.34. The Morgan fingerprint density at radius 2 is 1.35 bits per heavy atom. The van der Waals surface area contributed by atoms with Crippen LogP contribution < -0.4 is 9.47 Å². The molecule has 26 heavy (non-hydrogen) atoms. The van der Waals surface area contributed by atoms with Gasteiger partial charge in [0.2, 0.25) is 0 Å². The summed E-state index contributed by atoms with van der Waals surface area (Å²) < 4.78 is 10.5. The monoisotopic (exact) mass is 354 g/mol. The number of para-hydroxylation sites is 1. The van der Waals surface area contributed by atoms with Crippen molar-refractivity contribution in [2.24, 2.45) is 0 Å². The van der Waals surface area contributed by atoms with Gasteiger partial charge in [-0.05, 0) is 49.2 Å². The van der Waals surface area contributed by atoms with E-state index in [1.807, 2.05) is 13.8 Å². The molecule has 5 nitrogen and oxygen atoms in total. The van der Waals surface area contributed by atoms with Gasteiger partial charge in [0.15, 0.2) is 5.78 Å². The molecule has 0 aliphatic rings. The molecule has 5 heteroatoms. The lowest BCUT2D eigenvalue weighted by Gasteiger charge is -2.09. The third-order valence-electron chi connectivity index (χ3n) is 3.61. The summed E-state index contributed by atoms with van der Waals surface area (Å²) in [5.74, 6) is -0.306. The maximum absolute atomic E-state index is 12.7. The molecule has 0 aliphatic carbocycles. The normalized spacial score (nSPS) is 10.2. The van der Waals surface area contributed by atoms with E-state index < -0.39 is 0 Å². The third-order valence-corrected chi connectivity index (χ3v) is 3.61. The number of carbonyl (C=O) groups is 3. The van der Waals surface area contributed by atoms with E-state index in [1.54, 1.807) is 48.5 Å². The zero-order valence-electron chi connectivity index (χ0n) is 15.0. The average Bonchev–Trinajstić information content (AvgIpc) is 2.62. The highest BCUT2D eigenvalue weighted by molar-refractivity contribution is 6.11. The number of benzene rings is 2. The zero-order valence-corrected chi connectivity index (χ0v) is 15.0. The molecule has 0 aliphatic heterocycles. The smallest absolute Gasteiger partial charge is 0.311 e. The standard InChI is InChI=1S/C21H22O5/c1-3-7-19(22)25-16-13-11-15(12-14-16)21(24)17-9-5-6-10-18(17)26-20(23)8-4-2/h5-6,9-14H,3-4,7-8H2,1-2H3. The Morgan fingerprint density at radius 3 is 1.96 bits per heavy atom. The highest BCUT2D eigenvalue weighted by atomic mass is 16.5. The number of ketones is 1. The maximum atomic E-state index is 12.7. The molecule has 0 spiro atoms. The topological polar surface area (TPSA) is 69.7 Å². The van der Waals surface area contributed by atoms with Gasteiger partial charge in [-0.1, -0.05) is 26.0 Å². The van der Waals surface area contributed by atoms with E-state index >= 15 is 0 Å². The lowest BCUT2D eigenvalue weighted by Crippen LogP contribution is -2.11. The Labute approximate surface area is 152 Å². The van der Waals surface area contributed by atoms with Crippen LogP contribution in [0.1, 0.15) is 55.5 Å². The van der Waals surface area contributed by atoms with Crippen molar-refractivity contribution in [3.05, 3.63) is 59.7 Å². The summed E-state index contributed by atoms with van der Waals surface area (Å²) in [6, 6.07) is 13.0. The molecule has 0 fully saturated rings. The van der Waals surface area contributed by atoms with E-state index in [0.717, 1.165) is 0 Å². The molecule has 0 unspecified atom stereocenters. The van der Waals surface area contributed by atoms with E-state index in [9.17, 15) is 14.4 Å². The van der Waals surface area contributed by atoms with Gasteiger partial charge in [-0.2, -0.15) is 0 Å². The van der Waals surface area contributed by atoms with Gasteiger partial charge >= 0.3 is 11.9 Å². The van der Waals surface area contributed by atoms with Gasteiger partial charge in [-0.25, -0.2) is 0 Å². The molecule has 0 saturated carbocycles. The molecule has 2 aromatic rings. The molecule has 0 atom stereocenters. The van der Waals surface area contributed by atoms with E-state index in [2.05, 4.69) is 0 Å². The van der Waals surface area contributed by atoms with Crippen molar-refractivity contribution in [3.63, 3.8) is 0 Å². The summed E-state index contributed by atoms with van der Waals surface area (Å²) in [6.07, 6.45) is 2.02. The minimum atomic E-state index is -0.370. The number of carbonyl (C=O) groups excluding carboxylic acids is 3. The fourth-order valence-corrected chi connectivity index (χ4v) is 2.34. The average molecular weight is 354 g/mol. The summed E-state index contributed by atoms with van der Waals surface area (Å²) >= 11 is 0. The van der Waals surface area contributed by atoms with Gasteiger partial charge in [0.25, 0.3) is 0 Å². The van der Waals surface area contributed by atoms with Crippen LogP contribution in [-0.2, 0) is 9.59 Å². The highest BCUT2D eigenvalue weighted by Crippen LogP contribution is 2.23. The van der Waals surface area contributed by atoms with Crippen molar-refractivity contribution >= 4 is 17.7 Å². The van der Waals surface area contributed by atoms with Crippen LogP contribution >= 0.6 is 0 Å². The molecule has 0 radical (unpaired) electrons. The summed E-state index contributed by atoms with van der Waals surface area (Å²) in [4.78, 5) is 36.0. The van der Waals surface area contributed by atoms with Gasteiger partial charge in [0.05, 0.1) is 5.56 Å². The third kappa shape index (κ3) is 5.28. The van der Waals surface area contributed by atoms with Crippen LogP contribution in [0.5, 0.6) is 11.5 Å². The second-order valence-electron chi connectivity index (χ2n) is 5.80. The molecule has 2 aromatic carbocycles. The van der Waals surface area contributed by atoms with Crippen molar-refractivity contribution in [2.45, 2.75) is 39.5 Å². The zero-order chi connectivity index (χ0) is 18.9. The first-order valence-corrected chi connectivity index (χ1v) is 8.70. The molecule has 0 saturated heterocycles. The SMILES string of the molecule is CCCC(=O)Oc1ccc(C(=O)c2ccccc2OC(=O)CCC)cc1.